The summed E-state index contributed by atoms with van der Waals surface area (Å²) in [4.78, 5) is 130. The summed E-state index contributed by atoms with van der Waals surface area (Å²) in [6.45, 7) is 10.4. The topological polar surface area (TPSA) is 393 Å². The SMILES string of the molecule is CC.CC.CCSC.CO.CSSC.CSSC.F.O.O=CCCCCCCCCCCCCC(=O)N[C@@H](CCC(=O)NC(CCC(=O)N[C@@H](CCC(=O)NC(CCC(=O)NCCCCC(C=O)NP)C(=O)O)C(=O)O)C(=O)O)C(=O)O. The number of thioether (sulfide) groups is 1. The molecular weight excluding hydrogens is 1190 g/mol. The van der Waals surface area contributed by atoms with Crippen molar-refractivity contribution in [2.45, 2.75) is 213 Å². The summed E-state index contributed by atoms with van der Waals surface area (Å²) >= 11 is 1.86. The van der Waals surface area contributed by atoms with Gasteiger partial charge in [0.15, 0.2) is 0 Å². The number of carbonyl (C=O) groups is 11. The minimum Gasteiger partial charge on any atom is -0.480 e. The Morgan fingerprint density at radius 3 is 0.988 bits per heavy atom. The normalized spacial score (nSPS) is 11.3. The third-order valence-electron chi connectivity index (χ3n) is 10.4. The standard InChI is InChI=1S/C40H67N6O15P.C3H8S.2C2H6S2.2C2H6.CH4O.FH.H2O/c47-25-13-9-7-5-3-1-2-4-6-8-10-15-33(50)42-29(38(56)57)17-21-35(52)44-31(40(60)61)19-23-36(53)45-30(39(58)59)18-22-34(51)43-28(37(54)55)16-20-32(49)41-24-12-11-14-27(26-48)46-62;3*1-3-4-2;3*1-2;;/h25-31,46H,1-24,62H2,(H,41,49)(H,42,50)(H,43,51)(H,44,52)(H,45,53)(H,54,55)(H,56,57)(H,58,59)(H,60,61);3H2,1-2H3;2*1-2H3;2*1-2H3;2H,1H3;1H;1H2/t27?,28?,29-,30-,31?;;;;;;;;/m0......../s1. The summed E-state index contributed by atoms with van der Waals surface area (Å²) in [5, 5.41) is 59.5. The fourth-order valence-corrected chi connectivity index (χ4v) is 6.37. The smallest absolute Gasteiger partial charge is 0.326 e. The highest BCUT2D eigenvalue weighted by Crippen LogP contribution is 2.13. The van der Waals surface area contributed by atoms with Gasteiger partial charge in [0.2, 0.25) is 29.5 Å². The van der Waals surface area contributed by atoms with Gasteiger partial charge >= 0.3 is 23.9 Å². The first-order valence-electron chi connectivity index (χ1n) is 27.1. The Balaban J connectivity index is -0.000000334. The maximum absolute atomic E-state index is 12.6. The highest BCUT2D eigenvalue weighted by molar-refractivity contribution is 8.76. The van der Waals surface area contributed by atoms with Gasteiger partial charge in [0, 0.05) is 52.2 Å². The van der Waals surface area contributed by atoms with Gasteiger partial charge in [0.25, 0.3) is 0 Å². The van der Waals surface area contributed by atoms with Crippen molar-refractivity contribution in [3.8, 4) is 0 Å². The van der Waals surface area contributed by atoms with Gasteiger partial charge in [0.1, 0.15) is 36.7 Å². The number of aliphatic hydroxyl groups excluding tert-OH is 1. The fourth-order valence-electron chi connectivity index (χ4n) is 6.12. The number of halogens is 1. The predicted octanol–water partition coefficient (Wildman–Crippen LogP) is 7.11. The van der Waals surface area contributed by atoms with Crippen LogP contribution in [-0.4, -0.2) is 178 Å². The molecule has 0 saturated heterocycles. The number of unbranched alkanes of at least 4 members (excludes halogenated alkanes) is 11. The number of hydrogen-bond donors (Lipinski definition) is 11. The molecule has 0 aromatic rings. The number of carbonyl (C=O) groups excluding carboxylic acids is 7. The number of hydrogen-bond acceptors (Lipinski definition) is 18. The van der Waals surface area contributed by atoms with E-state index in [9.17, 15) is 73.2 Å². The summed E-state index contributed by atoms with van der Waals surface area (Å²) in [6, 6.07) is -6.42. The molecule has 23 nitrogen and oxygen atoms in total. The predicted molar refractivity (Wildman–Crippen MR) is 341 cm³/mol. The van der Waals surface area contributed by atoms with E-state index in [2.05, 4.69) is 79.3 Å². The fraction of sp³-hybridized carbons (Fsp3) is 0.788. The molecule has 0 aliphatic heterocycles. The molecule has 4 unspecified atom stereocenters. The number of aldehydes is 2. The summed E-state index contributed by atoms with van der Waals surface area (Å²) in [5.74, 6) is -8.23. The first kappa shape index (κ1) is 97.7. The molecule has 488 valence electrons. The molecule has 0 heterocycles. The average Bonchev–Trinajstić information content (AvgIpc) is 3.45. The molecule has 0 spiro atoms. The minimum absolute atomic E-state index is 0. The van der Waals surface area contributed by atoms with Crippen LogP contribution in [0.4, 0.5) is 4.70 Å². The Labute approximate surface area is 510 Å². The number of aliphatic carboxylic acids is 4. The van der Waals surface area contributed by atoms with Gasteiger partial charge in [-0.2, -0.15) is 11.8 Å². The lowest BCUT2D eigenvalue weighted by Gasteiger charge is -2.18. The Hall–Kier alpha value is -3.44. The van der Waals surface area contributed by atoms with E-state index in [4.69, 9.17) is 5.11 Å². The lowest BCUT2D eigenvalue weighted by atomic mass is 10.0. The molecule has 0 aliphatic rings. The van der Waals surface area contributed by atoms with E-state index >= 15 is 0 Å². The Morgan fingerprint density at radius 1 is 0.451 bits per heavy atom. The zero-order valence-electron chi connectivity index (χ0n) is 50.5. The van der Waals surface area contributed by atoms with E-state index in [-0.39, 0.29) is 41.9 Å². The third kappa shape index (κ3) is 72.7. The average molecular weight is 1300 g/mol. The zero-order chi connectivity index (χ0) is 63.0. The van der Waals surface area contributed by atoms with Gasteiger partial charge in [0.05, 0.1) is 6.04 Å². The zero-order valence-corrected chi connectivity index (χ0v) is 55.7. The van der Waals surface area contributed by atoms with Crippen molar-refractivity contribution in [1.82, 2.24) is 31.7 Å². The number of aliphatic hydroxyl groups is 1. The molecule has 0 rings (SSSR count). The first-order valence-corrected chi connectivity index (χ1v) is 35.0. The highest BCUT2D eigenvalue weighted by atomic mass is 33.1. The number of carboxylic acid groups (broad SMARTS) is 4. The third-order valence-corrected chi connectivity index (χ3v) is 14.1. The van der Waals surface area contributed by atoms with Crippen LogP contribution in [0, 0.1) is 0 Å². The van der Waals surface area contributed by atoms with Gasteiger partial charge in [-0.15, -0.1) is 0 Å². The molecule has 30 heteroatoms. The van der Waals surface area contributed by atoms with Gasteiger partial charge in [-0.05, 0) is 94.8 Å². The molecule has 0 radical (unpaired) electrons. The largest absolute Gasteiger partial charge is 0.480 e. The molecule has 13 N–H and O–H groups in total. The summed E-state index contributed by atoms with van der Waals surface area (Å²) in [5.41, 5.74) is 0. The van der Waals surface area contributed by atoms with Crippen LogP contribution in [0.1, 0.15) is 182 Å². The number of carboxylic acids is 4. The van der Waals surface area contributed by atoms with Crippen molar-refractivity contribution in [1.29, 1.82) is 0 Å². The van der Waals surface area contributed by atoms with Crippen LogP contribution >= 0.6 is 64.3 Å². The maximum Gasteiger partial charge on any atom is 0.326 e. The Morgan fingerprint density at radius 2 is 0.732 bits per heavy atom. The number of amides is 5. The maximum atomic E-state index is 12.6. The molecule has 0 saturated carbocycles. The highest BCUT2D eigenvalue weighted by Gasteiger charge is 2.27. The van der Waals surface area contributed by atoms with Crippen LogP contribution in [0.2, 0.25) is 0 Å². The first-order chi connectivity index (χ1) is 38.3. The van der Waals surface area contributed by atoms with E-state index in [1.807, 2.05) is 39.5 Å². The van der Waals surface area contributed by atoms with Crippen molar-refractivity contribution in [3.63, 3.8) is 0 Å². The molecular formula is C52H106FN6O17PS5. The molecule has 0 bridgehead atoms. The molecule has 82 heavy (non-hydrogen) atoms. The molecule has 6 atom stereocenters. The lowest BCUT2D eigenvalue weighted by molar-refractivity contribution is -0.144. The van der Waals surface area contributed by atoms with E-state index in [1.54, 1.807) is 43.2 Å². The van der Waals surface area contributed by atoms with Crippen molar-refractivity contribution >= 4 is 130 Å². The van der Waals surface area contributed by atoms with Gasteiger partial charge < -0.3 is 67.2 Å². The van der Waals surface area contributed by atoms with Crippen LogP contribution in [0.25, 0.3) is 0 Å². The minimum atomic E-state index is -1.62. The molecule has 0 aliphatic carbocycles. The quantitative estimate of drug-likeness (QED) is 0.0125. The van der Waals surface area contributed by atoms with Crippen molar-refractivity contribution < 1.29 is 88.5 Å². The lowest BCUT2D eigenvalue weighted by Crippen LogP contribution is -2.45. The van der Waals surface area contributed by atoms with Crippen LogP contribution in [0.3, 0.4) is 0 Å². The van der Waals surface area contributed by atoms with Crippen LogP contribution < -0.4 is 31.7 Å². The number of nitrogens with one attached hydrogen (secondary N) is 6. The number of rotatable bonds is 43. The van der Waals surface area contributed by atoms with Crippen LogP contribution in [0.15, 0.2) is 0 Å². The molecule has 0 aromatic carbocycles. The van der Waals surface area contributed by atoms with Gasteiger partial charge in [-0.3, -0.25) is 33.8 Å². The van der Waals surface area contributed by atoms with Crippen molar-refractivity contribution in [3.05, 3.63) is 0 Å². The monoisotopic (exact) mass is 1300 g/mol. The van der Waals surface area contributed by atoms with E-state index in [1.165, 1.54) is 5.75 Å². The summed E-state index contributed by atoms with van der Waals surface area (Å²) in [6.07, 6.45) is 20.8. The van der Waals surface area contributed by atoms with Crippen molar-refractivity contribution in [2.75, 3.05) is 50.7 Å². The summed E-state index contributed by atoms with van der Waals surface area (Å²) in [7, 11) is 10.3. The second-order valence-corrected chi connectivity index (χ2v) is 23.0. The van der Waals surface area contributed by atoms with Gasteiger partial charge in [-0.1, -0.05) is 139 Å². The van der Waals surface area contributed by atoms with Crippen LogP contribution in [0.5, 0.6) is 0 Å². The Bertz CT molecular complexity index is 1580. The second-order valence-electron chi connectivity index (χ2n) is 16.2. The molecule has 5 amide bonds. The van der Waals surface area contributed by atoms with E-state index in [0.29, 0.717) is 38.6 Å². The van der Waals surface area contributed by atoms with E-state index in [0.717, 1.165) is 77.5 Å². The van der Waals surface area contributed by atoms with E-state index < -0.39 is 110 Å². The van der Waals surface area contributed by atoms with Crippen LogP contribution in [-0.2, 0) is 52.7 Å². The molecule has 0 aromatic heterocycles. The van der Waals surface area contributed by atoms with Crippen molar-refractivity contribution in [2.24, 2.45) is 0 Å². The summed E-state index contributed by atoms with van der Waals surface area (Å²) < 4.78 is 0. The van der Waals surface area contributed by atoms with Gasteiger partial charge in [-0.25, -0.2) is 19.2 Å². The second kappa shape index (κ2) is 77.6. The molecule has 0 fully saturated rings. The Kier molecular flexibility index (Phi) is 92.4.